The van der Waals surface area contributed by atoms with Crippen molar-refractivity contribution in [3.05, 3.63) is 94.5 Å². The van der Waals surface area contributed by atoms with Gasteiger partial charge in [0.25, 0.3) is 5.91 Å². The molecule has 1 aliphatic heterocycles. The summed E-state index contributed by atoms with van der Waals surface area (Å²) in [4.78, 5) is 54.3. The predicted octanol–water partition coefficient (Wildman–Crippen LogP) is 4.53. The molecule has 2 atom stereocenters. The Balaban J connectivity index is 1.23. The number of fused-ring (bicyclic) bond motifs is 1. The van der Waals surface area contributed by atoms with Crippen molar-refractivity contribution < 1.29 is 33.4 Å². The van der Waals surface area contributed by atoms with Crippen LogP contribution in [-0.4, -0.2) is 67.0 Å². The molecule has 3 amide bonds. The molecule has 0 spiro atoms. The van der Waals surface area contributed by atoms with Crippen molar-refractivity contribution in [3.8, 4) is 5.75 Å². The maximum atomic E-state index is 13.8. The number of esters is 1. The van der Waals surface area contributed by atoms with Crippen molar-refractivity contribution in [2.24, 2.45) is 0 Å². The van der Waals surface area contributed by atoms with Crippen LogP contribution in [0.25, 0.3) is 0 Å². The number of carbonyl (C=O) groups is 4. The number of hydrogen-bond acceptors (Lipinski definition) is 7. The predicted molar refractivity (Wildman–Crippen MR) is 168 cm³/mol. The first kappa shape index (κ1) is 32.0. The van der Waals surface area contributed by atoms with Crippen molar-refractivity contribution >= 4 is 41.0 Å². The van der Waals surface area contributed by atoms with Crippen LogP contribution < -0.4 is 15.0 Å². The Kier molecular flexibility index (Phi) is 10.7. The quantitative estimate of drug-likeness (QED) is 0.244. The first-order chi connectivity index (χ1) is 21.8. The Morgan fingerprint density at radius 1 is 0.956 bits per heavy atom. The van der Waals surface area contributed by atoms with Crippen LogP contribution in [0.3, 0.4) is 0 Å². The third-order valence-electron chi connectivity index (χ3n) is 7.80. The van der Waals surface area contributed by atoms with Crippen molar-refractivity contribution in [2.45, 2.75) is 51.5 Å². The third kappa shape index (κ3) is 8.40. The van der Waals surface area contributed by atoms with Gasteiger partial charge in [-0.2, -0.15) is 0 Å². The van der Waals surface area contributed by atoms with E-state index in [9.17, 15) is 19.2 Å². The molecule has 2 aliphatic rings. The number of carbonyl (C=O) groups excluding carboxylic acids is 4. The highest BCUT2D eigenvalue weighted by Crippen LogP contribution is 2.30. The third-order valence-corrected chi connectivity index (χ3v) is 8.12. The lowest BCUT2D eigenvalue weighted by atomic mass is 10.1. The maximum absolute atomic E-state index is 13.8. The number of halogens is 1. The van der Waals surface area contributed by atoms with Crippen LogP contribution in [0.1, 0.15) is 47.7 Å². The minimum atomic E-state index is -0.456. The summed E-state index contributed by atoms with van der Waals surface area (Å²) in [5.74, 6) is -1.09. The minimum absolute atomic E-state index is 0.0815. The summed E-state index contributed by atoms with van der Waals surface area (Å²) in [6, 6.07) is 21.6. The lowest BCUT2D eigenvalue weighted by Gasteiger charge is -2.25. The Hall–Kier alpha value is -4.41. The highest BCUT2D eigenvalue weighted by molar-refractivity contribution is 6.34. The van der Waals surface area contributed by atoms with E-state index in [2.05, 4.69) is 5.32 Å². The van der Waals surface area contributed by atoms with Crippen molar-refractivity contribution in [3.63, 3.8) is 0 Å². The maximum Gasteiger partial charge on any atom is 0.302 e. The summed E-state index contributed by atoms with van der Waals surface area (Å²) >= 11 is 6.49. The first-order valence-electron chi connectivity index (χ1n) is 15.0. The second-order valence-corrected chi connectivity index (χ2v) is 11.4. The highest BCUT2D eigenvalue weighted by Gasteiger charge is 2.33. The Morgan fingerprint density at radius 2 is 1.73 bits per heavy atom. The first-order valence-corrected chi connectivity index (χ1v) is 15.3. The molecule has 0 saturated heterocycles. The summed E-state index contributed by atoms with van der Waals surface area (Å²) in [6.07, 6.45) is 2.51. The molecule has 1 heterocycles. The molecule has 3 aromatic rings. The van der Waals surface area contributed by atoms with Gasteiger partial charge < -0.3 is 24.4 Å². The summed E-state index contributed by atoms with van der Waals surface area (Å²) in [5, 5.41) is 3.23. The lowest BCUT2D eigenvalue weighted by Crippen LogP contribution is -2.48. The number of ether oxygens (including phenoxy) is 3. The number of para-hydroxylation sites is 1. The van der Waals surface area contributed by atoms with E-state index in [-0.39, 0.29) is 67.4 Å². The summed E-state index contributed by atoms with van der Waals surface area (Å²) in [5.41, 5.74) is 2.57. The molecule has 0 aromatic heterocycles. The molecule has 10 nitrogen and oxygen atoms in total. The van der Waals surface area contributed by atoms with Gasteiger partial charge in [0.15, 0.2) is 0 Å². The number of rotatable bonds is 11. The fourth-order valence-corrected chi connectivity index (χ4v) is 5.84. The van der Waals surface area contributed by atoms with Gasteiger partial charge in [-0.25, -0.2) is 0 Å². The van der Waals surface area contributed by atoms with E-state index in [1.165, 1.54) is 28.9 Å². The molecule has 11 heteroatoms. The number of nitrogens with one attached hydrogen (secondary N) is 1. The fourth-order valence-electron chi connectivity index (χ4n) is 5.59. The van der Waals surface area contributed by atoms with Gasteiger partial charge in [0, 0.05) is 19.2 Å². The fraction of sp³-hybridized carbons (Fsp3) is 0.353. The van der Waals surface area contributed by atoms with Crippen LogP contribution in [0, 0.1) is 0 Å². The Morgan fingerprint density at radius 3 is 2.51 bits per heavy atom. The minimum Gasteiger partial charge on any atom is -0.490 e. The van der Waals surface area contributed by atoms with Gasteiger partial charge in [-0.05, 0) is 54.7 Å². The normalized spacial score (nSPS) is 17.8. The zero-order chi connectivity index (χ0) is 31.8. The van der Waals surface area contributed by atoms with Crippen molar-refractivity contribution in [1.82, 2.24) is 10.2 Å². The van der Waals surface area contributed by atoms with Crippen LogP contribution in [0.15, 0.2) is 72.8 Å². The number of anilines is 1. The van der Waals surface area contributed by atoms with Gasteiger partial charge >= 0.3 is 5.97 Å². The highest BCUT2D eigenvalue weighted by atomic mass is 35.5. The molecule has 236 valence electrons. The molecular formula is C34H36ClN3O7. The zero-order valence-electron chi connectivity index (χ0n) is 25.1. The Labute approximate surface area is 267 Å². The van der Waals surface area contributed by atoms with Gasteiger partial charge in [0.2, 0.25) is 11.8 Å². The van der Waals surface area contributed by atoms with Gasteiger partial charge in [-0.15, -0.1) is 0 Å². The van der Waals surface area contributed by atoms with Crippen LogP contribution >= 0.6 is 11.6 Å². The molecule has 5 rings (SSSR count). The average Bonchev–Trinajstić information content (AvgIpc) is 3.41. The van der Waals surface area contributed by atoms with Crippen molar-refractivity contribution in [2.75, 3.05) is 31.2 Å². The monoisotopic (exact) mass is 633 g/mol. The van der Waals surface area contributed by atoms with E-state index in [4.69, 9.17) is 25.8 Å². The SMILES string of the molecule is CC(=O)OCCOc1ccc(C(=O)N2CC(=O)N(CC(=O)NC3CCCC3OCc3ccccc3)Cc3ccccc32)c(Cl)c1. The second kappa shape index (κ2) is 15.0. The van der Waals surface area contributed by atoms with Gasteiger partial charge in [-0.3, -0.25) is 24.1 Å². The van der Waals surface area contributed by atoms with E-state index in [1.807, 2.05) is 42.5 Å². The van der Waals surface area contributed by atoms with E-state index in [0.29, 0.717) is 18.0 Å². The van der Waals surface area contributed by atoms with E-state index < -0.39 is 11.9 Å². The Bertz CT molecular complexity index is 1530. The van der Waals surface area contributed by atoms with Crippen LogP contribution in [0.2, 0.25) is 5.02 Å². The molecule has 1 fully saturated rings. The molecule has 0 radical (unpaired) electrons. The zero-order valence-corrected chi connectivity index (χ0v) is 25.8. The molecule has 0 bridgehead atoms. The number of benzene rings is 3. The smallest absolute Gasteiger partial charge is 0.302 e. The van der Waals surface area contributed by atoms with Crippen LogP contribution in [-0.2, 0) is 37.0 Å². The standard InChI is InChI=1S/C34H36ClN3O7/c1-23(39)43-16-17-44-26-14-15-27(28(35)18-26)34(42)38-21-33(41)37(19-25-10-5-6-12-30(25)38)20-32(40)36-29-11-7-13-31(29)45-22-24-8-3-2-4-9-24/h2-6,8-10,12,14-15,18,29,31H,7,11,13,16-17,19-22H2,1H3,(H,36,40). The summed E-state index contributed by atoms with van der Waals surface area (Å²) in [6.45, 7) is 1.77. The van der Waals surface area contributed by atoms with Gasteiger partial charge in [-0.1, -0.05) is 60.1 Å². The molecule has 2 unspecified atom stereocenters. The second-order valence-electron chi connectivity index (χ2n) is 11.0. The molecular weight excluding hydrogens is 598 g/mol. The van der Waals surface area contributed by atoms with E-state index >= 15 is 0 Å². The van der Waals surface area contributed by atoms with E-state index in [1.54, 1.807) is 18.2 Å². The number of amides is 3. The molecule has 3 aromatic carbocycles. The average molecular weight is 634 g/mol. The topological polar surface area (TPSA) is 114 Å². The van der Waals surface area contributed by atoms with Crippen LogP contribution in [0.5, 0.6) is 5.75 Å². The summed E-state index contributed by atoms with van der Waals surface area (Å²) in [7, 11) is 0. The largest absolute Gasteiger partial charge is 0.490 e. The molecule has 1 saturated carbocycles. The van der Waals surface area contributed by atoms with Gasteiger partial charge in [0.05, 0.1) is 35.9 Å². The van der Waals surface area contributed by atoms with Gasteiger partial charge in [0.1, 0.15) is 25.5 Å². The molecule has 45 heavy (non-hydrogen) atoms. The number of nitrogens with zero attached hydrogens (tertiary/aromatic N) is 2. The molecule has 1 aliphatic carbocycles. The summed E-state index contributed by atoms with van der Waals surface area (Å²) < 4.78 is 16.6. The van der Waals surface area contributed by atoms with Crippen molar-refractivity contribution in [1.29, 1.82) is 0 Å². The lowest BCUT2D eigenvalue weighted by molar-refractivity contribution is -0.141. The van der Waals surface area contributed by atoms with Crippen LogP contribution in [0.4, 0.5) is 5.69 Å². The number of hydrogen-bond donors (Lipinski definition) is 1. The van der Waals surface area contributed by atoms with E-state index in [0.717, 1.165) is 30.4 Å². The molecule has 1 N–H and O–H groups in total.